The van der Waals surface area contributed by atoms with Crippen LogP contribution in [0.15, 0.2) is 72.9 Å². The zero-order valence-electron chi connectivity index (χ0n) is 15.8. The quantitative estimate of drug-likeness (QED) is 0.282. The Morgan fingerprint density at radius 3 is 2.47 bits per heavy atom. The van der Waals surface area contributed by atoms with Gasteiger partial charge < -0.3 is 4.57 Å². The van der Waals surface area contributed by atoms with Gasteiger partial charge >= 0.3 is 0 Å². The van der Waals surface area contributed by atoms with Crippen molar-refractivity contribution in [2.24, 2.45) is 0 Å². The molecule has 0 aliphatic rings. The minimum absolute atomic E-state index is 0.276. The van der Waals surface area contributed by atoms with Gasteiger partial charge in [-0.05, 0) is 41.5 Å². The van der Waals surface area contributed by atoms with Crippen molar-refractivity contribution < 1.29 is 9.18 Å². The van der Waals surface area contributed by atoms with Gasteiger partial charge in [0.25, 0.3) is 0 Å². The number of hydrogen-bond donors (Lipinski definition) is 0. The maximum atomic E-state index is 13.2. The van der Waals surface area contributed by atoms with Crippen molar-refractivity contribution >= 4 is 40.4 Å². The zero-order valence-corrected chi connectivity index (χ0v) is 16.6. The molecule has 0 unspecified atom stereocenters. The summed E-state index contributed by atoms with van der Waals surface area (Å²) in [5.41, 5.74) is 4.42. The van der Waals surface area contributed by atoms with Crippen LogP contribution < -0.4 is 0 Å². The second-order valence-corrected chi connectivity index (χ2v) is 7.29. The lowest BCUT2D eigenvalue weighted by Crippen LogP contribution is -1.97. The molecule has 0 amide bonds. The van der Waals surface area contributed by atoms with Gasteiger partial charge in [0, 0.05) is 29.3 Å². The first-order valence-electron chi connectivity index (χ1n) is 9.28. The van der Waals surface area contributed by atoms with E-state index in [1.807, 2.05) is 29.0 Å². The minimum Gasteiger partial charge on any atom is -0.342 e. The van der Waals surface area contributed by atoms with Crippen molar-refractivity contribution in [1.29, 1.82) is 5.26 Å². The van der Waals surface area contributed by atoms with Gasteiger partial charge in [0.2, 0.25) is 0 Å². The molecule has 1 aromatic heterocycles. The lowest BCUT2D eigenvalue weighted by atomic mass is 10.0. The van der Waals surface area contributed by atoms with Crippen LogP contribution in [0.2, 0.25) is 5.02 Å². The fraction of sp³-hybridized carbons (Fsp3) is 0.0400. The lowest BCUT2D eigenvalue weighted by Gasteiger charge is -2.06. The molecule has 1 heterocycles. The number of fused-ring (bicyclic) bond motifs is 1. The SMILES string of the molecule is N#C/C(=C\c1cn(Cc2ccc(F)cc2)c2cccc(Cl)c12)c1ccc(C=O)cc1. The standard InChI is InChI=1S/C25H16ClFN2O/c26-23-2-1-3-24-25(23)21(15-29(24)14-17-6-10-22(27)11-7-17)12-20(13-28)19-8-4-18(16-30)5-9-19/h1-12,15-16H,14H2/b20-12+. The van der Waals surface area contributed by atoms with Crippen molar-refractivity contribution in [3.63, 3.8) is 0 Å². The molecular formula is C25H16ClFN2O. The minimum atomic E-state index is -0.276. The Kier molecular flexibility index (Phi) is 5.47. The van der Waals surface area contributed by atoms with Gasteiger partial charge in [0.15, 0.2) is 0 Å². The van der Waals surface area contributed by atoms with Crippen molar-refractivity contribution in [2.45, 2.75) is 6.54 Å². The van der Waals surface area contributed by atoms with E-state index in [0.29, 0.717) is 22.7 Å². The number of nitriles is 1. The van der Waals surface area contributed by atoms with E-state index in [-0.39, 0.29) is 5.82 Å². The lowest BCUT2D eigenvalue weighted by molar-refractivity contribution is 0.112. The molecule has 3 aromatic carbocycles. The largest absolute Gasteiger partial charge is 0.342 e. The molecule has 4 aromatic rings. The van der Waals surface area contributed by atoms with Crippen LogP contribution in [0.5, 0.6) is 0 Å². The summed E-state index contributed by atoms with van der Waals surface area (Å²) in [7, 11) is 0. The van der Waals surface area contributed by atoms with Gasteiger partial charge in [-0.1, -0.05) is 54.1 Å². The number of allylic oxidation sites excluding steroid dienone is 1. The summed E-state index contributed by atoms with van der Waals surface area (Å²) in [5.74, 6) is -0.276. The Hall–Kier alpha value is -3.68. The molecule has 4 rings (SSSR count). The van der Waals surface area contributed by atoms with Crippen LogP contribution >= 0.6 is 11.6 Å². The summed E-state index contributed by atoms with van der Waals surface area (Å²) >= 11 is 6.50. The Morgan fingerprint density at radius 1 is 1.07 bits per heavy atom. The van der Waals surface area contributed by atoms with E-state index < -0.39 is 0 Å². The topological polar surface area (TPSA) is 45.8 Å². The number of carbonyl (C=O) groups excluding carboxylic acids is 1. The summed E-state index contributed by atoms with van der Waals surface area (Å²) in [6, 6.07) is 21.1. The summed E-state index contributed by atoms with van der Waals surface area (Å²) in [5, 5.41) is 11.1. The molecule has 3 nitrogen and oxygen atoms in total. The normalized spacial score (nSPS) is 11.4. The van der Waals surface area contributed by atoms with E-state index >= 15 is 0 Å². The average molecular weight is 415 g/mol. The molecule has 0 aliphatic heterocycles. The third kappa shape index (κ3) is 3.89. The van der Waals surface area contributed by atoms with Crippen LogP contribution in [-0.4, -0.2) is 10.9 Å². The second-order valence-electron chi connectivity index (χ2n) is 6.88. The highest BCUT2D eigenvalue weighted by molar-refractivity contribution is 6.36. The fourth-order valence-electron chi connectivity index (χ4n) is 3.44. The van der Waals surface area contributed by atoms with Crippen LogP contribution in [0.25, 0.3) is 22.6 Å². The first-order valence-corrected chi connectivity index (χ1v) is 9.66. The predicted octanol–water partition coefficient (Wildman–Crippen LogP) is 6.36. The third-order valence-electron chi connectivity index (χ3n) is 4.93. The summed E-state index contributed by atoms with van der Waals surface area (Å²) in [6.45, 7) is 0.543. The van der Waals surface area contributed by atoms with E-state index in [9.17, 15) is 14.4 Å². The highest BCUT2D eigenvalue weighted by Crippen LogP contribution is 2.32. The Bertz CT molecular complexity index is 1300. The molecule has 0 bridgehead atoms. The average Bonchev–Trinajstić information content (AvgIpc) is 3.12. The number of nitrogens with zero attached hydrogens (tertiary/aromatic N) is 2. The monoisotopic (exact) mass is 414 g/mol. The molecule has 0 saturated carbocycles. The van der Waals surface area contributed by atoms with Crippen LogP contribution in [0, 0.1) is 17.1 Å². The van der Waals surface area contributed by atoms with Gasteiger partial charge in [-0.25, -0.2) is 4.39 Å². The van der Waals surface area contributed by atoms with Crippen molar-refractivity contribution in [3.8, 4) is 6.07 Å². The molecule has 0 atom stereocenters. The van der Waals surface area contributed by atoms with Crippen molar-refractivity contribution in [1.82, 2.24) is 4.57 Å². The molecule has 146 valence electrons. The van der Waals surface area contributed by atoms with Gasteiger partial charge in [0.05, 0.1) is 22.2 Å². The highest BCUT2D eigenvalue weighted by atomic mass is 35.5. The fourth-order valence-corrected chi connectivity index (χ4v) is 3.72. The first kappa shape index (κ1) is 19.6. The Morgan fingerprint density at radius 2 is 1.80 bits per heavy atom. The second kappa shape index (κ2) is 8.36. The van der Waals surface area contributed by atoms with Crippen LogP contribution in [0.1, 0.15) is 27.0 Å². The molecule has 0 saturated heterocycles. The van der Waals surface area contributed by atoms with Gasteiger partial charge in [-0.15, -0.1) is 0 Å². The van der Waals surface area contributed by atoms with E-state index in [1.165, 1.54) is 12.1 Å². The molecule has 5 heteroatoms. The van der Waals surface area contributed by atoms with Gasteiger partial charge in [-0.3, -0.25) is 4.79 Å². The third-order valence-corrected chi connectivity index (χ3v) is 5.24. The van der Waals surface area contributed by atoms with Crippen LogP contribution in [0.3, 0.4) is 0 Å². The van der Waals surface area contributed by atoms with Crippen LogP contribution in [0.4, 0.5) is 4.39 Å². The molecule has 0 N–H and O–H groups in total. The van der Waals surface area contributed by atoms with E-state index in [1.54, 1.807) is 42.5 Å². The zero-order chi connectivity index (χ0) is 21.1. The maximum absolute atomic E-state index is 13.2. The Balaban J connectivity index is 1.81. The Labute approximate surface area is 178 Å². The molecule has 30 heavy (non-hydrogen) atoms. The maximum Gasteiger partial charge on any atom is 0.150 e. The summed E-state index contributed by atoms with van der Waals surface area (Å²) in [6.07, 6.45) is 4.50. The molecule has 0 fully saturated rings. The first-order chi connectivity index (χ1) is 14.6. The van der Waals surface area contributed by atoms with Gasteiger partial charge in [0.1, 0.15) is 12.1 Å². The van der Waals surface area contributed by atoms with Gasteiger partial charge in [-0.2, -0.15) is 5.26 Å². The van der Waals surface area contributed by atoms with Crippen LogP contribution in [-0.2, 0) is 6.54 Å². The molecular weight excluding hydrogens is 399 g/mol. The number of aromatic nitrogens is 1. The summed E-state index contributed by atoms with van der Waals surface area (Å²) < 4.78 is 15.3. The van der Waals surface area contributed by atoms with E-state index in [2.05, 4.69) is 6.07 Å². The molecule has 0 spiro atoms. The predicted molar refractivity (Wildman–Crippen MR) is 118 cm³/mol. The molecule has 0 radical (unpaired) electrons. The number of hydrogen-bond acceptors (Lipinski definition) is 2. The molecule has 0 aliphatic carbocycles. The van der Waals surface area contributed by atoms with E-state index in [0.717, 1.165) is 33.9 Å². The highest BCUT2D eigenvalue weighted by Gasteiger charge is 2.12. The van der Waals surface area contributed by atoms with E-state index in [4.69, 9.17) is 11.6 Å². The number of benzene rings is 3. The van der Waals surface area contributed by atoms with Crippen molar-refractivity contribution in [3.05, 3.63) is 106 Å². The number of rotatable bonds is 5. The number of carbonyl (C=O) groups is 1. The smallest absolute Gasteiger partial charge is 0.150 e. The number of aldehydes is 1. The number of halogens is 2. The summed E-state index contributed by atoms with van der Waals surface area (Å²) in [4.78, 5) is 10.9. The van der Waals surface area contributed by atoms with Crippen molar-refractivity contribution in [2.75, 3.05) is 0 Å².